The largest absolute Gasteiger partial charge is 0.478 e. The van der Waals surface area contributed by atoms with Crippen LogP contribution in [0.15, 0.2) is 42.5 Å². The summed E-state index contributed by atoms with van der Waals surface area (Å²) in [6.45, 7) is 1.82. The highest BCUT2D eigenvalue weighted by molar-refractivity contribution is 5.88. The van der Waals surface area contributed by atoms with Gasteiger partial charge in [0, 0.05) is 0 Å². The van der Waals surface area contributed by atoms with E-state index in [2.05, 4.69) is 0 Å². The third-order valence-electron chi connectivity index (χ3n) is 2.63. The van der Waals surface area contributed by atoms with E-state index in [-0.39, 0.29) is 11.4 Å². The van der Waals surface area contributed by atoms with E-state index >= 15 is 0 Å². The maximum atomic E-state index is 13.0. The fourth-order valence-corrected chi connectivity index (χ4v) is 1.74. The summed E-state index contributed by atoms with van der Waals surface area (Å²) in [5.41, 5.74) is 2.86. The van der Waals surface area contributed by atoms with Gasteiger partial charge in [-0.3, -0.25) is 0 Å². The van der Waals surface area contributed by atoms with E-state index in [0.717, 1.165) is 16.7 Å². The molecule has 0 saturated carbocycles. The Balaban J connectivity index is 2.43. The minimum absolute atomic E-state index is 0.244. The average molecular weight is 230 g/mol. The summed E-state index contributed by atoms with van der Waals surface area (Å²) in [7, 11) is 0. The predicted octanol–water partition coefficient (Wildman–Crippen LogP) is 3.50. The van der Waals surface area contributed by atoms with Crippen molar-refractivity contribution >= 4 is 5.97 Å². The molecule has 0 aliphatic rings. The van der Waals surface area contributed by atoms with Gasteiger partial charge in [0.1, 0.15) is 5.82 Å². The van der Waals surface area contributed by atoms with Crippen molar-refractivity contribution in [3.8, 4) is 11.1 Å². The molecular weight excluding hydrogens is 219 g/mol. The quantitative estimate of drug-likeness (QED) is 0.857. The molecule has 0 fully saturated rings. The molecule has 2 nitrogen and oxygen atoms in total. The Morgan fingerprint density at radius 3 is 2.29 bits per heavy atom. The molecule has 0 radical (unpaired) electrons. The van der Waals surface area contributed by atoms with Gasteiger partial charge in [-0.15, -0.1) is 0 Å². The summed E-state index contributed by atoms with van der Waals surface area (Å²) in [5.74, 6) is -1.22. The maximum absolute atomic E-state index is 13.0. The first-order valence-corrected chi connectivity index (χ1v) is 5.18. The molecule has 2 aromatic carbocycles. The predicted molar refractivity (Wildman–Crippen MR) is 63.5 cm³/mol. The Morgan fingerprint density at radius 2 is 1.76 bits per heavy atom. The Labute approximate surface area is 98.3 Å². The molecule has 0 spiro atoms. The Kier molecular flexibility index (Phi) is 2.91. The number of carbonyl (C=O) groups is 1. The van der Waals surface area contributed by atoms with Gasteiger partial charge in [0.2, 0.25) is 0 Å². The van der Waals surface area contributed by atoms with Crippen LogP contribution >= 0.6 is 0 Å². The van der Waals surface area contributed by atoms with Crippen molar-refractivity contribution in [1.29, 1.82) is 0 Å². The number of benzene rings is 2. The zero-order chi connectivity index (χ0) is 12.4. The second kappa shape index (κ2) is 4.37. The first-order valence-electron chi connectivity index (χ1n) is 5.18. The minimum Gasteiger partial charge on any atom is -0.478 e. The molecule has 0 heterocycles. The topological polar surface area (TPSA) is 37.3 Å². The third-order valence-corrected chi connectivity index (χ3v) is 2.63. The molecule has 0 saturated heterocycles. The van der Waals surface area contributed by atoms with Crippen molar-refractivity contribution in [2.24, 2.45) is 0 Å². The summed E-state index contributed by atoms with van der Waals surface area (Å²) >= 11 is 0. The van der Waals surface area contributed by atoms with Crippen LogP contribution in [0.2, 0.25) is 0 Å². The number of hydrogen-bond acceptors (Lipinski definition) is 1. The third kappa shape index (κ3) is 2.33. The van der Waals surface area contributed by atoms with Crippen LogP contribution in [-0.4, -0.2) is 11.1 Å². The fraction of sp³-hybridized carbons (Fsp3) is 0.0714. The highest BCUT2D eigenvalue weighted by atomic mass is 19.1. The number of carboxylic acids is 1. The Morgan fingerprint density at radius 1 is 1.12 bits per heavy atom. The van der Waals surface area contributed by atoms with Gasteiger partial charge in [-0.2, -0.15) is 0 Å². The minimum atomic E-state index is -0.952. The standard InChI is InChI=1S/C14H11FO2/c1-9-8-12(15)6-7-13(9)10-2-4-11(5-3-10)14(16)17/h2-8H,1H3,(H,16,17). The lowest BCUT2D eigenvalue weighted by molar-refractivity contribution is 0.0697. The van der Waals surface area contributed by atoms with Crippen LogP contribution in [0.4, 0.5) is 4.39 Å². The van der Waals surface area contributed by atoms with Crippen LogP contribution in [-0.2, 0) is 0 Å². The summed E-state index contributed by atoms with van der Waals surface area (Å²) in [6, 6.07) is 11.1. The molecule has 0 bridgehead atoms. The van der Waals surface area contributed by atoms with E-state index in [1.807, 2.05) is 6.92 Å². The van der Waals surface area contributed by atoms with E-state index in [4.69, 9.17) is 5.11 Å². The van der Waals surface area contributed by atoms with Gasteiger partial charge in [0.25, 0.3) is 0 Å². The van der Waals surface area contributed by atoms with E-state index < -0.39 is 5.97 Å². The lowest BCUT2D eigenvalue weighted by atomic mass is 9.99. The van der Waals surface area contributed by atoms with Crippen LogP contribution in [0.5, 0.6) is 0 Å². The summed E-state index contributed by atoms with van der Waals surface area (Å²) in [5, 5.41) is 8.79. The first-order chi connectivity index (χ1) is 8.08. The lowest BCUT2D eigenvalue weighted by Crippen LogP contribution is -1.95. The smallest absolute Gasteiger partial charge is 0.335 e. The number of hydrogen-bond donors (Lipinski definition) is 1. The number of halogens is 1. The van der Waals surface area contributed by atoms with E-state index in [1.54, 1.807) is 30.3 Å². The van der Waals surface area contributed by atoms with Crippen molar-refractivity contribution in [2.45, 2.75) is 6.92 Å². The van der Waals surface area contributed by atoms with Gasteiger partial charge in [0.15, 0.2) is 0 Å². The highest BCUT2D eigenvalue weighted by Crippen LogP contribution is 2.24. The molecule has 3 heteroatoms. The summed E-state index contributed by atoms with van der Waals surface area (Å²) in [4.78, 5) is 10.7. The number of aryl methyl sites for hydroxylation is 1. The lowest BCUT2D eigenvalue weighted by Gasteiger charge is -2.06. The zero-order valence-electron chi connectivity index (χ0n) is 9.27. The SMILES string of the molecule is Cc1cc(F)ccc1-c1ccc(C(=O)O)cc1. The zero-order valence-corrected chi connectivity index (χ0v) is 9.27. The molecule has 0 atom stereocenters. The molecule has 17 heavy (non-hydrogen) atoms. The molecule has 0 aliphatic heterocycles. The van der Waals surface area contributed by atoms with Crippen LogP contribution in [0.1, 0.15) is 15.9 Å². The molecule has 0 aliphatic carbocycles. The van der Waals surface area contributed by atoms with Crippen LogP contribution in [0, 0.1) is 12.7 Å². The number of carboxylic acid groups (broad SMARTS) is 1. The van der Waals surface area contributed by atoms with Crippen molar-refractivity contribution < 1.29 is 14.3 Å². The van der Waals surface area contributed by atoms with E-state index in [0.29, 0.717) is 0 Å². The van der Waals surface area contributed by atoms with Crippen molar-refractivity contribution in [3.05, 3.63) is 59.4 Å². The van der Waals surface area contributed by atoms with Gasteiger partial charge in [0.05, 0.1) is 5.56 Å². The van der Waals surface area contributed by atoms with Gasteiger partial charge in [-0.1, -0.05) is 18.2 Å². The number of rotatable bonds is 2. The fourth-order valence-electron chi connectivity index (χ4n) is 1.74. The monoisotopic (exact) mass is 230 g/mol. The van der Waals surface area contributed by atoms with E-state index in [1.165, 1.54) is 12.1 Å². The maximum Gasteiger partial charge on any atom is 0.335 e. The molecule has 1 N–H and O–H groups in total. The van der Waals surface area contributed by atoms with Crippen LogP contribution in [0.25, 0.3) is 11.1 Å². The van der Waals surface area contributed by atoms with Crippen molar-refractivity contribution in [3.63, 3.8) is 0 Å². The number of aromatic carboxylic acids is 1. The average Bonchev–Trinajstić information content (AvgIpc) is 2.29. The second-order valence-corrected chi connectivity index (χ2v) is 3.84. The van der Waals surface area contributed by atoms with Crippen molar-refractivity contribution in [2.75, 3.05) is 0 Å². The Bertz CT molecular complexity index is 559. The van der Waals surface area contributed by atoms with Crippen LogP contribution in [0.3, 0.4) is 0 Å². The second-order valence-electron chi connectivity index (χ2n) is 3.84. The molecule has 2 rings (SSSR count). The molecular formula is C14H11FO2. The first kappa shape index (κ1) is 11.3. The Hall–Kier alpha value is -2.16. The summed E-state index contributed by atoms with van der Waals surface area (Å²) < 4.78 is 13.0. The van der Waals surface area contributed by atoms with Gasteiger partial charge >= 0.3 is 5.97 Å². The highest BCUT2D eigenvalue weighted by Gasteiger charge is 2.05. The summed E-state index contributed by atoms with van der Waals surface area (Å²) in [6.07, 6.45) is 0. The van der Waals surface area contributed by atoms with Gasteiger partial charge in [-0.05, 0) is 47.9 Å². The van der Waals surface area contributed by atoms with Gasteiger partial charge < -0.3 is 5.11 Å². The van der Waals surface area contributed by atoms with E-state index in [9.17, 15) is 9.18 Å². The molecule has 0 aromatic heterocycles. The van der Waals surface area contributed by atoms with Gasteiger partial charge in [-0.25, -0.2) is 9.18 Å². The molecule has 2 aromatic rings. The van der Waals surface area contributed by atoms with Crippen molar-refractivity contribution in [1.82, 2.24) is 0 Å². The molecule has 0 unspecified atom stereocenters. The molecule has 86 valence electrons. The molecule has 0 amide bonds. The van der Waals surface area contributed by atoms with Crippen LogP contribution < -0.4 is 0 Å². The normalized spacial score (nSPS) is 10.2.